The Balaban J connectivity index is 2.04. The molecule has 0 aliphatic carbocycles. The predicted molar refractivity (Wildman–Crippen MR) is 147 cm³/mol. The van der Waals surface area contributed by atoms with Crippen LogP contribution in [0.15, 0.2) is 77.7 Å². The molecule has 1 N–H and O–H groups in total. The maximum absolute atomic E-state index is 13.8. The fraction of sp³-hybridized carbons (Fsp3) is 0.286. The van der Waals surface area contributed by atoms with Crippen molar-refractivity contribution in [3.63, 3.8) is 0 Å². The molecular weight excluding hydrogens is 529 g/mol. The number of halogens is 2. The van der Waals surface area contributed by atoms with E-state index < -0.39 is 34.3 Å². The highest BCUT2D eigenvalue weighted by Crippen LogP contribution is 2.31. The van der Waals surface area contributed by atoms with E-state index in [2.05, 4.69) is 5.32 Å². The topological polar surface area (TPSA) is 86.8 Å². The Labute approximate surface area is 228 Å². The summed E-state index contributed by atoms with van der Waals surface area (Å²) in [5.74, 6) is -1.41. The number of hydrogen-bond donors (Lipinski definition) is 1. The van der Waals surface area contributed by atoms with Crippen molar-refractivity contribution in [3.8, 4) is 0 Å². The Morgan fingerprint density at radius 3 is 2.29 bits per heavy atom. The SMILES string of the molecule is CCCNC(=O)[C@@H](C)N(Cc1ccc(F)cc1)C(=O)CN(c1cccc(Cl)c1C)S(=O)(=O)c1ccccc1. The van der Waals surface area contributed by atoms with Crippen LogP contribution in [0.1, 0.15) is 31.4 Å². The maximum Gasteiger partial charge on any atom is 0.264 e. The number of nitrogens with zero attached hydrogens (tertiary/aromatic N) is 2. The molecule has 7 nitrogen and oxygen atoms in total. The first-order valence-electron chi connectivity index (χ1n) is 12.2. The Bertz CT molecular complexity index is 1370. The van der Waals surface area contributed by atoms with E-state index in [-0.39, 0.29) is 23.0 Å². The van der Waals surface area contributed by atoms with Crippen LogP contribution in [0, 0.1) is 12.7 Å². The second kappa shape index (κ2) is 12.9. The van der Waals surface area contributed by atoms with Crippen molar-refractivity contribution in [2.75, 3.05) is 17.4 Å². The minimum Gasteiger partial charge on any atom is -0.354 e. The number of carbonyl (C=O) groups excluding carboxylic acids is 2. The van der Waals surface area contributed by atoms with Crippen molar-refractivity contribution in [2.45, 2.75) is 44.7 Å². The number of sulfonamides is 1. The van der Waals surface area contributed by atoms with Gasteiger partial charge in [-0.2, -0.15) is 0 Å². The largest absolute Gasteiger partial charge is 0.354 e. The molecule has 0 saturated heterocycles. The van der Waals surface area contributed by atoms with Crippen molar-refractivity contribution in [1.82, 2.24) is 10.2 Å². The third kappa shape index (κ3) is 6.90. The fourth-order valence-corrected chi connectivity index (χ4v) is 5.53. The van der Waals surface area contributed by atoms with Gasteiger partial charge in [-0.15, -0.1) is 0 Å². The van der Waals surface area contributed by atoms with Gasteiger partial charge in [-0.25, -0.2) is 12.8 Å². The zero-order chi connectivity index (χ0) is 27.9. The molecule has 0 unspecified atom stereocenters. The summed E-state index contributed by atoms with van der Waals surface area (Å²) < 4.78 is 42.1. The second-order valence-corrected chi connectivity index (χ2v) is 11.1. The van der Waals surface area contributed by atoms with E-state index in [4.69, 9.17) is 11.6 Å². The Kier molecular flexibility index (Phi) is 9.88. The molecule has 0 bridgehead atoms. The summed E-state index contributed by atoms with van der Waals surface area (Å²) in [6.45, 7) is 4.99. The van der Waals surface area contributed by atoms with Crippen molar-refractivity contribution < 1.29 is 22.4 Å². The van der Waals surface area contributed by atoms with E-state index in [9.17, 15) is 22.4 Å². The first kappa shape index (κ1) is 29.1. The highest BCUT2D eigenvalue weighted by atomic mass is 35.5. The van der Waals surface area contributed by atoms with Crippen molar-refractivity contribution in [2.24, 2.45) is 0 Å². The van der Waals surface area contributed by atoms with Gasteiger partial charge in [0.05, 0.1) is 10.6 Å². The van der Waals surface area contributed by atoms with Gasteiger partial charge in [-0.05, 0) is 67.8 Å². The highest BCUT2D eigenvalue weighted by Gasteiger charge is 2.33. The number of hydrogen-bond acceptors (Lipinski definition) is 4. The average molecular weight is 560 g/mol. The van der Waals surface area contributed by atoms with Crippen LogP contribution < -0.4 is 9.62 Å². The Morgan fingerprint density at radius 2 is 1.66 bits per heavy atom. The quantitative estimate of drug-likeness (QED) is 0.361. The standard InChI is InChI=1S/C28H31ClFN3O4S/c1-4-17-31-28(35)21(3)32(18-22-13-15-23(30)16-14-22)27(34)19-33(26-12-8-11-25(29)20(26)2)38(36,37)24-9-6-5-7-10-24/h5-16,21H,4,17-19H2,1-3H3,(H,31,35)/t21-/m1/s1. The van der Waals surface area contributed by atoms with E-state index >= 15 is 0 Å². The van der Waals surface area contributed by atoms with Crippen LogP contribution >= 0.6 is 11.6 Å². The summed E-state index contributed by atoms with van der Waals surface area (Å²) in [7, 11) is -4.18. The molecule has 3 aromatic rings. The molecule has 0 radical (unpaired) electrons. The summed E-state index contributed by atoms with van der Waals surface area (Å²) in [6, 6.07) is 17.3. The molecule has 38 heavy (non-hydrogen) atoms. The van der Waals surface area contributed by atoms with Crippen LogP contribution in [0.25, 0.3) is 0 Å². The number of benzene rings is 3. The van der Waals surface area contributed by atoms with Crippen LogP contribution in [0.4, 0.5) is 10.1 Å². The van der Waals surface area contributed by atoms with Gasteiger partial charge in [0.15, 0.2) is 0 Å². The lowest BCUT2D eigenvalue weighted by atomic mass is 10.1. The molecule has 3 aromatic carbocycles. The zero-order valence-corrected chi connectivity index (χ0v) is 23.1. The molecular formula is C28H31ClFN3O4S. The van der Waals surface area contributed by atoms with Gasteiger partial charge in [-0.1, -0.05) is 54.9 Å². The molecule has 1 atom stereocenters. The van der Waals surface area contributed by atoms with Gasteiger partial charge in [0, 0.05) is 18.1 Å². The van der Waals surface area contributed by atoms with Gasteiger partial charge >= 0.3 is 0 Å². The van der Waals surface area contributed by atoms with Gasteiger partial charge < -0.3 is 10.2 Å². The van der Waals surface area contributed by atoms with Crippen molar-refractivity contribution >= 4 is 39.1 Å². The molecule has 0 aliphatic rings. The molecule has 202 valence electrons. The van der Waals surface area contributed by atoms with E-state index in [0.29, 0.717) is 29.1 Å². The minimum atomic E-state index is -4.18. The van der Waals surface area contributed by atoms with Crippen LogP contribution in [-0.2, 0) is 26.2 Å². The first-order valence-corrected chi connectivity index (χ1v) is 14.0. The van der Waals surface area contributed by atoms with Crippen LogP contribution in [0.5, 0.6) is 0 Å². The normalized spacial score (nSPS) is 12.0. The predicted octanol–water partition coefficient (Wildman–Crippen LogP) is 4.93. The second-order valence-electron chi connectivity index (χ2n) is 8.82. The molecule has 3 rings (SSSR count). The van der Waals surface area contributed by atoms with E-state index in [1.165, 1.54) is 41.3 Å². The zero-order valence-electron chi connectivity index (χ0n) is 21.5. The van der Waals surface area contributed by atoms with Crippen molar-refractivity contribution in [3.05, 3.63) is 94.8 Å². The summed E-state index contributed by atoms with van der Waals surface area (Å²) in [5, 5.41) is 3.12. The Hall–Kier alpha value is -3.43. The van der Waals surface area contributed by atoms with Crippen molar-refractivity contribution in [1.29, 1.82) is 0 Å². The van der Waals surface area contributed by atoms with E-state index in [1.54, 1.807) is 50.2 Å². The lowest BCUT2D eigenvalue weighted by Crippen LogP contribution is -2.51. The van der Waals surface area contributed by atoms with Gasteiger partial charge in [0.2, 0.25) is 11.8 Å². The number of nitrogens with one attached hydrogen (secondary N) is 1. The lowest BCUT2D eigenvalue weighted by molar-refractivity contribution is -0.139. The summed E-state index contributed by atoms with van der Waals surface area (Å²) in [4.78, 5) is 28.0. The third-order valence-electron chi connectivity index (χ3n) is 6.10. The molecule has 0 spiro atoms. The number of amides is 2. The molecule has 2 amide bonds. The van der Waals surface area contributed by atoms with Gasteiger partial charge in [0.25, 0.3) is 10.0 Å². The van der Waals surface area contributed by atoms with E-state index in [0.717, 1.165) is 4.31 Å². The molecule has 10 heteroatoms. The molecule has 0 aliphatic heterocycles. The highest BCUT2D eigenvalue weighted by molar-refractivity contribution is 7.92. The smallest absolute Gasteiger partial charge is 0.264 e. The number of carbonyl (C=O) groups is 2. The molecule has 0 fully saturated rings. The van der Waals surface area contributed by atoms with E-state index in [1.807, 2.05) is 6.92 Å². The van der Waals surface area contributed by atoms with Gasteiger partial charge in [0.1, 0.15) is 18.4 Å². The third-order valence-corrected chi connectivity index (χ3v) is 8.28. The maximum atomic E-state index is 13.8. The first-order chi connectivity index (χ1) is 18.1. The molecule has 0 saturated carbocycles. The molecule has 0 heterocycles. The van der Waals surface area contributed by atoms with Crippen LogP contribution in [0.2, 0.25) is 5.02 Å². The van der Waals surface area contributed by atoms with Crippen LogP contribution in [0.3, 0.4) is 0 Å². The summed E-state index contributed by atoms with van der Waals surface area (Å²) >= 11 is 6.31. The summed E-state index contributed by atoms with van der Waals surface area (Å²) in [6.07, 6.45) is 0.710. The summed E-state index contributed by atoms with van der Waals surface area (Å²) in [5.41, 5.74) is 1.33. The minimum absolute atomic E-state index is 0.00555. The average Bonchev–Trinajstić information content (AvgIpc) is 2.91. The fourth-order valence-electron chi connectivity index (χ4n) is 3.86. The Morgan fingerprint density at radius 1 is 1.00 bits per heavy atom. The number of rotatable bonds is 11. The lowest BCUT2D eigenvalue weighted by Gasteiger charge is -2.32. The van der Waals surface area contributed by atoms with Crippen LogP contribution in [-0.4, -0.2) is 44.3 Å². The molecule has 0 aromatic heterocycles. The monoisotopic (exact) mass is 559 g/mol. The van der Waals surface area contributed by atoms with Gasteiger partial charge in [-0.3, -0.25) is 13.9 Å². The number of anilines is 1.